The molecular formula is C8H9BrO4S2. The average Bonchev–Trinajstić information content (AvgIpc) is 2.50. The maximum absolute atomic E-state index is 11.6. The third kappa shape index (κ3) is 3.02. The fraction of sp³-hybridized carbons (Fsp3) is 0.375. The van der Waals surface area contributed by atoms with Gasteiger partial charge in [0, 0.05) is 9.35 Å². The third-order valence-electron chi connectivity index (χ3n) is 1.91. The Morgan fingerprint density at radius 2 is 2.27 bits per heavy atom. The van der Waals surface area contributed by atoms with Crippen LogP contribution in [0, 0.1) is 0 Å². The summed E-state index contributed by atoms with van der Waals surface area (Å²) in [6, 6.07) is 1.74. The number of hydrogen-bond donors (Lipinski definition) is 1. The number of carbonyl (C=O) groups is 1. The highest BCUT2D eigenvalue weighted by atomic mass is 79.9. The van der Waals surface area contributed by atoms with Gasteiger partial charge in [-0.2, -0.15) is 0 Å². The predicted molar refractivity (Wildman–Crippen MR) is 61.7 cm³/mol. The van der Waals surface area contributed by atoms with Gasteiger partial charge < -0.3 is 5.11 Å². The van der Waals surface area contributed by atoms with Gasteiger partial charge in [-0.1, -0.05) is 0 Å². The molecule has 7 heteroatoms. The summed E-state index contributed by atoms with van der Waals surface area (Å²) < 4.78 is 23.9. The lowest BCUT2D eigenvalue weighted by molar-refractivity contribution is -0.136. The van der Waals surface area contributed by atoms with Crippen molar-refractivity contribution >= 4 is 43.1 Å². The summed E-state index contributed by atoms with van der Waals surface area (Å²) in [6.45, 7) is 1.18. The summed E-state index contributed by atoms with van der Waals surface area (Å²) in [4.78, 5) is 11.2. The highest BCUT2D eigenvalue weighted by Gasteiger charge is 2.28. The van der Waals surface area contributed by atoms with E-state index in [1.807, 2.05) is 0 Å². The smallest absolute Gasteiger partial charge is 0.321 e. The molecule has 1 aromatic heterocycles. The highest BCUT2D eigenvalue weighted by molar-refractivity contribution is 9.10. The number of carboxylic acids is 1. The Labute approximate surface area is 100.0 Å². The van der Waals surface area contributed by atoms with Gasteiger partial charge in [0.2, 0.25) is 0 Å². The van der Waals surface area contributed by atoms with Crippen molar-refractivity contribution in [1.29, 1.82) is 0 Å². The fourth-order valence-corrected chi connectivity index (χ4v) is 4.19. The number of aliphatic carboxylic acids is 1. The van der Waals surface area contributed by atoms with Gasteiger partial charge in [-0.3, -0.25) is 4.79 Å². The standard InChI is InChI=1S/C8H9BrO4S2/c1-5(8(10)11)15(12,13)4-7-6(9)2-3-14-7/h2-3,5H,4H2,1H3,(H,10,11). The Bertz CT molecular complexity index is 463. The first-order chi connectivity index (χ1) is 6.84. The van der Waals surface area contributed by atoms with Gasteiger partial charge in [0.25, 0.3) is 0 Å². The quantitative estimate of drug-likeness (QED) is 0.921. The van der Waals surface area contributed by atoms with E-state index in [9.17, 15) is 13.2 Å². The number of thiophene rings is 1. The van der Waals surface area contributed by atoms with Crippen LogP contribution in [0.2, 0.25) is 0 Å². The number of hydrogen-bond acceptors (Lipinski definition) is 4. The molecule has 1 aromatic rings. The molecule has 1 N–H and O–H groups in total. The molecule has 0 fully saturated rings. The van der Waals surface area contributed by atoms with Gasteiger partial charge >= 0.3 is 5.97 Å². The molecule has 0 bridgehead atoms. The number of carboxylic acid groups (broad SMARTS) is 1. The first kappa shape index (κ1) is 12.7. The first-order valence-electron chi connectivity index (χ1n) is 4.01. The maximum Gasteiger partial charge on any atom is 0.321 e. The Morgan fingerprint density at radius 3 is 2.67 bits per heavy atom. The highest BCUT2D eigenvalue weighted by Crippen LogP contribution is 2.25. The molecule has 0 aliphatic carbocycles. The lowest BCUT2D eigenvalue weighted by Crippen LogP contribution is -2.27. The largest absolute Gasteiger partial charge is 0.480 e. The molecule has 0 radical (unpaired) electrons. The molecule has 0 saturated carbocycles. The van der Waals surface area contributed by atoms with E-state index in [1.54, 1.807) is 11.4 Å². The number of rotatable bonds is 4. The zero-order valence-corrected chi connectivity index (χ0v) is 11.0. The number of halogens is 1. The van der Waals surface area contributed by atoms with E-state index in [2.05, 4.69) is 15.9 Å². The monoisotopic (exact) mass is 312 g/mol. The van der Waals surface area contributed by atoms with Crippen LogP contribution in [0.25, 0.3) is 0 Å². The maximum atomic E-state index is 11.6. The molecule has 15 heavy (non-hydrogen) atoms. The summed E-state index contributed by atoms with van der Waals surface area (Å²) in [5.41, 5.74) is 0. The zero-order valence-electron chi connectivity index (χ0n) is 7.81. The summed E-state index contributed by atoms with van der Waals surface area (Å²) >= 11 is 4.49. The van der Waals surface area contributed by atoms with Crippen LogP contribution >= 0.6 is 27.3 Å². The molecule has 1 rings (SSSR count). The van der Waals surface area contributed by atoms with E-state index in [0.717, 1.165) is 0 Å². The third-order valence-corrected chi connectivity index (χ3v) is 5.99. The molecule has 1 unspecified atom stereocenters. The summed E-state index contributed by atoms with van der Waals surface area (Å²) in [5.74, 6) is -1.55. The lowest BCUT2D eigenvalue weighted by Gasteiger charge is -2.07. The van der Waals surface area contributed by atoms with Crippen molar-refractivity contribution in [3.05, 3.63) is 20.8 Å². The molecule has 1 heterocycles. The van der Waals surface area contributed by atoms with Crippen molar-refractivity contribution in [3.63, 3.8) is 0 Å². The van der Waals surface area contributed by atoms with Gasteiger partial charge in [0.1, 0.15) is 0 Å². The first-order valence-corrected chi connectivity index (χ1v) is 7.39. The Kier molecular flexibility index (Phi) is 3.91. The number of sulfone groups is 1. The van der Waals surface area contributed by atoms with Crippen LogP contribution in [-0.4, -0.2) is 24.7 Å². The molecule has 0 spiro atoms. The van der Waals surface area contributed by atoms with Gasteiger partial charge in [0.15, 0.2) is 15.1 Å². The summed E-state index contributed by atoms with van der Waals surface area (Å²) in [7, 11) is -3.62. The normalized spacial score (nSPS) is 13.7. The van der Waals surface area contributed by atoms with Crippen molar-refractivity contribution in [2.75, 3.05) is 0 Å². The Morgan fingerprint density at radius 1 is 1.67 bits per heavy atom. The minimum atomic E-state index is -3.62. The van der Waals surface area contributed by atoms with E-state index < -0.39 is 21.1 Å². The van der Waals surface area contributed by atoms with Gasteiger partial charge in [-0.15, -0.1) is 11.3 Å². The van der Waals surface area contributed by atoms with Crippen LogP contribution in [0.4, 0.5) is 0 Å². The predicted octanol–water partition coefficient (Wildman–Crippen LogP) is 1.90. The van der Waals surface area contributed by atoms with Crippen molar-refractivity contribution in [3.8, 4) is 0 Å². The van der Waals surface area contributed by atoms with E-state index in [0.29, 0.717) is 9.35 Å². The van der Waals surface area contributed by atoms with Crippen molar-refractivity contribution < 1.29 is 18.3 Å². The fourth-order valence-electron chi connectivity index (χ4n) is 0.889. The molecule has 0 aliphatic rings. The second-order valence-electron chi connectivity index (χ2n) is 2.98. The van der Waals surface area contributed by atoms with E-state index in [1.165, 1.54) is 18.3 Å². The molecule has 0 aliphatic heterocycles. The second kappa shape index (κ2) is 4.63. The van der Waals surface area contributed by atoms with E-state index in [-0.39, 0.29) is 5.75 Å². The van der Waals surface area contributed by atoms with Gasteiger partial charge in [-0.25, -0.2) is 8.42 Å². The topological polar surface area (TPSA) is 71.4 Å². The molecule has 1 atom stereocenters. The van der Waals surface area contributed by atoms with Crippen LogP contribution in [0.5, 0.6) is 0 Å². The van der Waals surface area contributed by atoms with Crippen molar-refractivity contribution in [2.24, 2.45) is 0 Å². The Hall–Kier alpha value is -0.400. The van der Waals surface area contributed by atoms with Crippen molar-refractivity contribution in [1.82, 2.24) is 0 Å². The molecule has 0 aromatic carbocycles. The van der Waals surface area contributed by atoms with Gasteiger partial charge in [-0.05, 0) is 34.3 Å². The minimum absolute atomic E-state index is 0.237. The average molecular weight is 313 g/mol. The van der Waals surface area contributed by atoms with Crippen molar-refractivity contribution in [2.45, 2.75) is 17.9 Å². The zero-order chi connectivity index (χ0) is 11.6. The SMILES string of the molecule is CC(C(=O)O)S(=O)(=O)Cc1sccc1Br. The molecular weight excluding hydrogens is 304 g/mol. The van der Waals surface area contributed by atoms with E-state index in [4.69, 9.17) is 5.11 Å². The Balaban J connectivity index is 2.91. The van der Waals surface area contributed by atoms with Crippen LogP contribution in [0.15, 0.2) is 15.9 Å². The molecule has 84 valence electrons. The van der Waals surface area contributed by atoms with Crippen LogP contribution in [0.3, 0.4) is 0 Å². The molecule has 0 saturated heterocycles. The summed E-state index contributed by atoms with van der Waals surface area (Å²) in [6.07, 6.45) is 0. The van der Waals surface area contributed by atoms with E-state index >= 15 is 0 Å². The van der Waals surface area contributed by atoms with Crippen LogP contribution in [0.1, 0.15) is 11.8 Å². The second-order valence-corrected chi connectivity index (χ2v) is 7.16. The van der Waals surface area contributed by atoms with Crippen LogP contribution in [-0.2, 0) is 20.4 Å². The summed E-state index contributed by atoms with van der Waals surface area (Å²) in [5, 5.41) is 9.01. The van der Waals surface area contributed by atoms with Crippen LogP contribution < -0.4 is 0 Å². The van der Waals surface area contributed by atoms with Gasteiger partial charge in [0.05, 0.1) is 5.75 Å². The minimum Gasteiger partial charge on any atom is -0.480 e. The molecule has 0 amide bonds. The lowest BCUT2D eigenvalue weighted by atomic mass is 10.5. The molecule has 4 nitrogen and oxygen atoms in total.